The van der Waals surface area contributed by atoms with E-state index in [9.17, 15) is 0 Å². The van der Waals surface area contributed by atoms with Gasteiger partial charge in [0, 0.05) is 22.9 Å². The van der Waals surface area contributed by atoms with Gasteiger partial charge in [-0.2, -0.15) is 0 Å². The van der Waals surface area contributed by atoms with Crippen LogP contribution in [-0.4, -0.2) is 4.98 Å². The van der Waals surface area contributed by atoms with Crippen LogP contribution in [0, 0.1) is 0 Å². The maximum atomic E-state index is 6.14. The van der Waals surface area contributed by atoms with Gasteiger partial charge in [-0.25, -0.2) is 0 Å². The van der Waals surface area contributed by atoms with Crippen LogP contribution in [-0.2, 0) is 6.42 Å². The number of rotatable bonds is 3. The van der Waals surface area contributed by atoms with E-state index < -0.39 is 0 Å². The van der Waals surface area contributed by atoms with E-state index in [1.54, 1.807) is 6.20 Å². The first-order valence-corrected chi connectivity index (χ1v) is 5.95. The van der Waals surface area contributed by atoms with Crippen molar-refractivity contribution in [3.05, 3.63) is 64.4 Å². The van der Waals surface area contributed by atoms with Crippen LogP contribution < -0.4 is 5.73 Å². The van der Waals surface area contributed by atoms with Gasteiger partial charge in [0.1, 0.15) is 0 Å². The third-order valence-electron chi connectivity index (χ3n) is 2.51. The second-order valence-corrected chi connectivity index (χ2v) is 4.54. The van der Waals surface area contributed by atoms with Crippen molar-refractivity contribution in [2.45, 2.75) is 12.5 Å². The minimum Gasteiger partial charge on any atom is -0.324 e. The lowest BCUT2D eigenvalue weighted by molar-refractivity contribution is 0.716. The van der Waals surface area contributed by atoms with E-state index in [1.807, 2.05) is 36.5 Å². The monoisotopic (exact) mass is 276 g/mol. The van der Waals surface area contributed by atoms with Crippen molar-refractivity contribution in [3.63, 3.8) is 0 Å². The molecule has 1 atom stereocenters. The molecule has 3 heteroatoms. The fourth-order valence-electron chi connectivity index (χ4n) is 1.61. The summed E-state index contributed by atoms with van der Waals surface area (Å²) in [6, 6.07) is 12.1. The number of hydrogen-bond donors (Lipinski definition) is 1. The van der Waals surface area contributed by atoms with Crippen molar-refractivity contribution in [1.82, 2.24) is 4.98 Å². The topological polar surface area (TPSA) is 38.9 Å². The Hall–Kier alpha value is -1.19. The first-order valence-electron chi connectivity index (χ1n) is 5.16. The highest BCUT2D eigenvalue weighted by Gasteiger charge is 2.08. The molecule has 0 fully saturated rings. The van der Waals surface area contributed by atoms with Crippen molar-refractivity contribution in [3.8, 4) is 0 Å². The molecule has 0 aliphatic heterocycles. The van der Waals surface area contributed by atoms with Crippen LogP contribution in [0.1, 0.15) is 17.2 Å². The van der Waals surface area contributed by atoms with Crippen molar-refractivity contribution in [2.75, 3.05) is 0 Å². The van der Waals surface area contributed by atoms with Crippen molar-refractivity contribution in [2.24, 2.45) is 5.73 Å². The van der Waals surface area contributed by atoms with Crippen molar-refractivity contribution in [1.29, 1.82) is 0 Å². The molecule has 0 radical (unpaired) electrons. The molecular formula is C13H13BrN2. The van der Waals surface area contributed by atoms with Crippen LogP contribution in [0.5, 0.6) is 0 Å². The fourth-order valence-corrected chi connectivity index (χ4v) is 2.06. The quantitative estimate of drug-likeness (QED) is 0.936. The predicted octanol–water partition coefficient (Wildman–Crippen LogP) is 3.09. The van der Waals surface area contributed by atoms with Gasteiger partial charge in [0.05, 0.1) is 0 Å². The van der Waals surface area contributed by atoms with E-state index in [0.29, 0.717) is 0 Å². The van der Waals surface area contributed by atoms with Gasteiger partial charge in [-0.05, 0) is 29.7 Å². The molecule has 0 aliphatic rings. The minimum absolute atomic E-state index is 0.00704. The SMILES string of the molecule is NC(Cc1ccccc1Br)c1cccnc1. The van der Waals surface area contributed by atoms with Crippen molar-refractivity contribution < 1.29 is 0 Å². The third kappa shape index (κ3) is 2.68. The first-order chi connectivity index (χ1) is 7.77. The number of nitrogens with zero attached hydrogens (tertiary/aromatic N) is 1. The summed E-state index contributed by atoms with van der Waals surface area (Å²) >= 11 is 3.53. The molecule has 1 heterocycles. The molecule has 0 amide bonds. The summed E-state index contributed by atoms with van der Waals surface area (Å²) in [5.74, 6) is 0. The molecule has 0 aliphatic carbocycles. The van der Waals surface area contributed by atoms with Crippen LogP contribution in [0.2, 0.25) is 0 Å². The van der Waals surface area contributed by atoms with Crippen LogP contribution in [0.4, 0.5) is 0 Å². The van der Waals surface area contributed by atoms with Crippen molar-refractivity contribution >= 4 is 15.9 Å². The summed E-state index contributed by atoms with van der Waals surface area (Å²) in [4.78, 5) is 4.08. The zero-order valence-corrected chi connectivity index (χ0v) is 10.4. The zero-order chi connectivity index (χ0) is 11.4. The van der Waals surface area contributed by atoms with Gasteiger partial charge in [0.15, 0.2) is 0 Å². The first kappa shape index (κ1) is 11.3. The average molecular weight is 277 g/mol. The maximum absolute atomic E-state index is 6.14. The van der Waals surface area contributed by atoms with E-state index in [4.69, 9.17) is 5.73 Å². The van der Waals surface area contributed by atoms with Gasteiger partial charge in [-0.15, -0.1) is 0 Å². The van der Waals surface area contributed by atoms with E-state index in [2.05, 4.69) is 27.0 Å². The summed E-state index contributed by atoms with van der Waals surface area (Å²) < 4.78 is 1.11. The van der Waals surface area contributed by atoms with Crippen LogP contribution in [0.3, 0.4) is 0 Å². The Morgan fingerprint density at radius 2 is 2.00 bits per heavy atom. The highest BCUT2D eigenvalue weighted by Crippen LogP contribution is 2.21. The lowest BCUT2D eigenvalue weighted by Crippen LogP contribution is -2.13. The van der Waals surface area contributed by atoms with Gasteiger partial charge in [-0.3, -0.25) is 4.98 Å². The molecule has 1 aromatic carbocycles. The number of benzene rings is 1. The summed E-state index contributed by atoms with van der Waals surface area (Å²) in [5, 5.41) is 0. The van der Waals surface area contributed by atoms with E-state index in [0.717, 1.165) is 16.5 Å². The molecule has 0 saturated carbocycles. The standard InChI is InChI=1S/C13H13BrN2/c14-12-6-2-1-4-10(12)8-13(15)11-5-3-7-16-9-11/h1-7,9,13H,8,15H2. The Labute approximate surface area is 104 Å². The van der Waals surface area contributed by atoms with E-state index in [-0.39, 0.29) is 6.04 Å². The molecule has 1 unspecified atom stereocenters. The summed E-state index contributed by atoms with van der Waals surface area (Å²) in [6.45, 7) is 0. The summed E-state index contributed by atoms with van der Waals surface area (Å²) in [7, 11) is 0. The largest absolute Gasteiger partial charge is 0.324 e. The third-order valence-corrected chi connectivity index (χ3v) is 3.28. The number of nitrogens with two attached hydrogens (primary N) is 1. The molecule has 82 valence electrons. The number of aromatic nitrogens is 1. The molecule has 0 bridgehead atoms. The van der Waals surface area contributed by atoms with Crippen LogP contribution in [0.15, 0.2) is 53.3 Å². The molecule has 1 aromatic heterocycles. The normalized spacial score (nSPS) is 12.4. The zero-order valence-electron chi connectivity index (χ0n) is 8.81. The average Bonchev–Trinajstić information content (AvgIpc) is 2.33. The maximum Gasteiger partial charge on any atom is 0.0351 e. The van der Waals surface area contributed by atoms with Crippen LogP contribution >= 0.6 is 15.9 Å². The van der Waals surface area contributed by atoms with Gasteiger partial charge in [0.2, 0.25) is 0 Å². The summed E-state index contributed by atoms with van der Waals surface area (Å²) in [6.07, 6.45) is 4.39. The Bertz CT molecular complexity index is 456. The van der Waals surface area contributed by atoms with Gasteiger partial charge >= 0.3 is 0 Å². The molecule has 2 nitrogen and oxygen atoms in total. The van der Waals surface area contributed by atoms with Gasteiger partial charge in [-0.1, -0.05) is 40.2 Å². The van der Waals surface area contributed by atoms with E-state index in [1.165, 1.54) is 5.56 Å². The Morgan fingerprint density at radius 1 is 1.19 bits per heavy atom. The Kier molecular flexibility index (Phi) is 3.70. The lowest BCUT2D eigenvalue weighted by Gasteiger charge is -2.12. The molecule has 2 aromatic rings. The molecule has 2 N–H and O–H groups in total. The predicted molar refractivity (Wildman–Crippen MR) is 69.0 cm³/mol. The minimum atomic E-state index is -0.00704. The molecule has 0 spiro atoms. The van der Waals surface area contributed by atoms with Crippen LogP contribution in [0.25, 0.3) is 0 Å². The Morgan fingerprint density at radius 3 is 2.69 bits per heavy atom. The highest BCUT2D eigenvalue weighted by molar-refractivity contribution is 9.10. The van der Waals surface area contributed by atoms with Gasteiger partial charge in [0.25, 0.3) is 0 Å². The molecular weight excluding hydrogens is 264 g/mol. The van der Waals surface area contributed by atoms with Gasteiger partial charge < -0.3 is 5.73 Å². The molecule has 16 heavy (non-hydrogen) atoms. The highest BCUT2D eigenvalue weighted by atomic mass is 79.9. The number of halogens is 1. The van der Waals surface area contributed by atoms with E-state index >= 15 is 0 Å². The smallest absolute Gasteiger partial charge is 0.0351 e. The Balaban J connectivity index is 2.14. The summed E-state index contributed by atoms with van der Waals surface area (Å²) in [5.41, 5.74) is 8.42. The number of pyridine rings is 1. The number of hydrogen-bond acceptors (Lipinski definition) is 2. The molecule has 0 saturated heterocycles. The fraction of sp³-hybridized carbons (Fsp3) is 0.154. The molecule has 2 rings (SSSR count). The lowest BCUT2D eigenvalue weighted by atomic mass is 10.0. The second kappa shape index (κ2) is 5.23. The second-order valence-electron chi connectivity index (χ2n) is 3.69.